The maximum Gasteiger partial charge on any atom is 0.0585 e. The van der Waals surface area contributed by atoms with E-state index in [9.17, 15) is 0 Å². The van der Waals surface area contributed by atoms with Gasteiger partial charge in [-0.3, -0.25) is 0 Å². The SMILES string of the molecule is Clc1ccc(I)c2c(CBr)csc12. The first-order chi connectivity index (χ1) is 6.24. The van der Waals surface area contributed by atoms with E-state index in [2.05, 4.69) is 50.0 Å². The van der Waals surface area contributed by atoms with Crippen LogP contribution in [0.1, 0.15) is 5.56 Å². The zero-order valence-corrected chi connectivity index (χ0v) is 11.8. The molecule has 0 saturated carbocycles. The van der Waals surface area contributed by atoms with Crippen molar-refractivity contribution in [2.24, 2.45) is 0 Å². The molecule has 68 valence electrons. The first-order valence-electron chi connectivity index (χ1n) is 3.64. The number of fused-ring (bicyclic) bond motifs is 1. The zero-order valence-electron chi connectivity index (χ0n) is 6.48. The van der Waals surface area contributed by atoms with Crippen molar-refractivity contribution in [1.82, 2.24) is 0 Å². The summed E-state index contributed by atoms with van der Waals surface area (Å²) in [6.45, 7) is 0. The van der Waals surface area contributed by atoms with Crippen molar-refractivity contribution in [2.75, 3.05) is 0 Å². The van der Waals surface area contributed by atoms with Crippen molar-refractivity contribution in [3.63, 3.8) is 0 Å². The third-order valence-electron chi connectivity index (χ3n) is 1.84. The average molecular weight is 387 g/mol. The first-order valence-corrected chi connectivity index (χ1v) is 7.10. The Labute approximate surface area is 108 Å². The van der Waals surface area contributed by atoms with Gasteiger partial charge < -0.3 is 0 Å². The standard InChI is InChI=1S/C9H5BrClIS/c10-3-5-4-13-9-6(11)1-2-7(12)8(5)9/h1-2,4H,3H2. The number of hydrogen-bond donors (Lipinski definition) is 0. The Morgan fingerprint density at radius 2 is 2.23 bits per heavy atom. The van der Waals surface area contributed by atoms with Crippen molar-refractivity contribution in [2.45, 2.75) is 5.33 Å². The molecule has 0 aliphatic carbocycles. The van der Waals surface area contributed by atoms with Crippen LogP contribution in [0.15, 0.2) is 17.5 Å². The van der Waals surface area contributed by atoms with Gasteiger partial charge >= 0.3 is 0 Å². The molecule has 13 heavy (non-hydrogen) atoms. The molecule has 2 rings (SSSR count). The Morgan fingerprint density at radius 1 is 1.46 bits per heavy atom. The van der Waals surface area contributed by atoms with E-state index in [0.29, 0.717) is 0 Å². The molecule has 0 amide bonds. The van der Waals surface area contributed by atoms with Crippen LogP contribution in [0.4, 0.5) is 0 Å². The van der Waals surface area contributed by atoms with E-state index < -0.39 is 0 Å². The monoisotopic (exact) mass is 386 g/mol. The molecule has 0 bridgehead atoms. The fourth-order valence-electron chi connectivity index (χ4n) is 1.23. The molecule has 1 aromatic heterocycles. The van der Waals surface area contributed by atoms with Gasteiger partial charge in [-0.05, 0) is 45.7 Å². The predicted octanol–water partition coefficient (Wildman–Crippen LogP) is 5.05. The molecule has 0 radical (unpaired) electrons. The van der Waals surface area contributed by atoms with Crippen LogP contribution in [0.3, 0.4) is 0 Å². The summed E-state index contributed by atoms with van der Waals surface area (Å²) < 4.78 is 2.47. The molecule has 0 fully saturated rings. The lowest BCUT2D eigenvalue weighted by molar-refractivity contribution is 1.53. The average Bonchev–Trinajstić information content (AvgIpc) is 2.56. The summed E-state index contributed by atoms with van der Waals surface area (Å²) in [6.07, 6.45) is 0. The topological polar surface area (TPSA) is 0 Å². The van der Waals surface area contributed by atoms with E-state index in [1.807, 2.05) is 6.07 Å². The Morgan fingerprint density at radius 3 is 2.92 bits per heavy atom. The van der Waals surface area contributed by atoms with E-state index in [4.69, 9.17) is 11.6 Å². The van der Waals surface area contributed by atoms with Crippen LogP contribution in [-0.4, -0.2) is 0 Å². The van der Waals surface area contributed by atoms with Crippen LogP contribution in [0.2, 0.25) is 5.02 Å². The van der Waals surface area contributed by atoms with Crippen LogP contribution < -0.4 is 0 Å². The van der Waals surface area contributed by atoms with E-state index in [1.165, 1.54) is 19.2 Å². The van der Waals surface area contributed by atoms with Gasteiger partial charge in [0.2, 0.25) is 0 Å². The Kier molecular flexibility index (Phi) is 3.18. The Hall–Kier alpha value is 0.680. The lowest BCUT2D eigenvalue weighted by atomic mass is 10.2. The summed E-state index contributed by atoms with van der Waals surface area (Å²) in [5.41, 5.74) is 1.33. The summed E-state index contributed by atoms with van der Waals surface area (Å²) in [5.74, 6) is 0. The van der Waals surface area contributed by atoms with Gasteiger partial charge in [0, 0.05) is 14.3 Å². The molecule has 1 heterocycles. The second kappa shape index (κ2) is 4.04. The van der Waals surface area contributed by atoms with Crippen LogP contribution in [0, 0.1) is 3.57 Å². The summed E-state index contributed by atoms with van der Waals surface area (Å²) in [5, 5.41) is 5.21. The molecular formula is C9H5BrClIS. The van der Waals surface area contributed by atoms with Gasteiger partial charge in [0.25, 0.3) is 0 Å². The Balaban J connectivity index is 2.87. The highest BCUT2D eigenvalue weighted by molar-refractivity contribution is 14.1. The minimum atomic E-state index is 0.854. The molecule has 4 heteroatoms. The van der Waals surface area contributed by atoms with E-state index in [-0.39, 0.29) is 0 Å². The molecule has 0 aliphatic rings. The van der Waals surface area contributed by atoms with E-state index >= 15 is 0 Å². The largest absolute Gasteiger partial charge is 0.142 e. The van der Waals surface area contributed by atoms with Gasteiger partial charge in [-0.25, -0.2) is 0 Å². The number of thiophene rings is 1. The number of hydrogen-bond acceptors (Lipinski definition) is 1. The maximum absolute atomic E-state index is 6.09. The van der Waals surface area contributed by atoms with Crippen LogP contribution in [0.5, 0.6) is 0 Å². The second-order valence-corrected chi connectivity index (χ2v) is 5.64. The van der Waals surface area contributed by atoms with Crippen molar-refractivity contribution in [1.29, 1.82) is 0 Å². The fourth-order valence-corrected chi connectivity index (χ4v) is 4.16. The quantitative estimate of drug-likeness (QED) is 0.474. The fraction of sp³-hybridized carbons (Fsp3) is 0.111. The second-order valence-electron chi connectivity index (χ2n) is 2.63. The van der Waals surface area contributed by atoms with Gasteiger partial charge in [-0.1, -0.05) is 27.5 Å². The molecule has 0 unspecified atom stereocenters. The summed E-state index contributed by atoms with van der Waals surface area (Å²) >= 11 is 13.6. The lowest BCUT2D eigenvalue weighted by Gasteiger charge is -1.98. The number of alkyl halides is 1. The van der Waals surface area contributed by atoms with Gasteiger partial charge in [-0.15, -0.1) is 11.3 Å². The molecular weight excluding hydrogens is 382 g/mol. The summed E-state index contributed by atoms with van der Waals surface area (Å²) in [6, 6.07) is 4.02. The third kappa shape index (κ3) is 1.76. The lowest BCUT2D eigenvalue weighted by Crippen LogP contribution is -1.78. The molecule has 0 atom stereocenters. The van der Waals surface area contributed by atoms with Crippen molar-refractivity contribution >= 4 is 71.5 Å². The maximum atomic E-state index is 6.09. The Bertz CT molecular complexity index is 452. The minimum Gasteiger partial charge on any atom is -0.142 e. The van der Waals surface area contributed by atoms with Gasteiger partial charge in [-0.2, -0.15) is 0 Å². The van der Waals surface area contributed by atoms with E-state index in [0.717, 1.165) is 10.4 Å². The van der Waals surface area contributed by atoms with Crippen LogP contribution in [0.25, 0.3) is 10.1 Å². The number of halogens is 3. The normalized spacial score (nSPS) is 11.0. The molecule has 0 N–H and O–H groups in total. The first kappa shape index (κ1) is 10.2. The molecule has 0 saturated heterocycles. The van der Waals surface area contributed by atoms with E-state index in [1.54, 1.807) is 11.3 Å². The molecule has 0 nitrogen and oxygen atoms in total. The molecule has 0 aliphatic heterocycles. The summed E-state index contributed by atoms with van der Waals surface area (Å²) in [7, 11) is 0. The smallest absolute Gasteiger partial charge is 0.0585 e. The number of rotatable bonds is 1. The minimum absolute atomic E-state index is 0.854. The molecule has 0 spiro atoms. The third-order valence-corrected chi connectivity index (χ3v) is 4.84. The van der Waals surface area contributed by atoms with Gasteiger partial charge in [0.15, 0.2) is 0 Å². The van der Waals surface area contributed by atoms with Gasteiger partial charge in [0.05, 0.1) is 9.72 Å². The summed E-state index contributed by atoms with van der Waals surface area (Å²) in [4.78, 5) is 0. The predicted molar refractivity (Wildman–Crippen MR) is 72.2 cm³/mol. The highest BCUT2D eigenvalue weighted by Gasteiger charge is 2.09. The highest BCUT2D eigenvalue weighted by atomic mass is 127. The van der Waals surface area contributed by atoms with Crippen LogP contribution in [-0.2, 0) is 5.33 Å². The van der Waals surface area contributed by atoms with Crippen LogP contribution >= 0.6 is 61.5 Å². The number of benzene rings is 1. The zero-order chi connectivity index (χ0) is 9.42. The van der Waals surface area contributed by atoms with Crippen molar-refractivity contribution < 1.29 is 0 Å². The van der Waals surface area contributed by atoms with Crippen molar-refractivity contribution in [3.8, 4) is 0 Å². The molecule has 1 aromatic carbocycles. The highest BCUT2D eigenvalue weighted by Crippen LogP contribution is 2.36. The van der Waals surface area contributed by atoms with Gasteiger partial charge in [0.1, 0.15) is 0 Å². The molecule has 2 aromatic rings. The van der Waals surface area contributed by atoms with Crippen molar-refractivity contribution in [3.05, 3.63) is 31.7 Å².